The van der Waals surface area contributed by atoms with E-state index in [1.165, 1.54) is 36.8 Å². The van der Waals surface area contributed by atoms with E-state index in [-0.39, 0.29) is 18.0 Å². The monoisotopic (exact) mass is 474 g/mol. The van der Waals surface area contributed by atoms with Gasteiger partial charge in [-0.1, -0.05) is 19.9 Å². The van der Waals surface area contributed by atoms with E-state index in [1.54, 1.807) is 4.90 Å². The molecule has 1 aromatic heterocycles. The number of piperazine rings is 1. The predicted molar refractivity (Wildman–Crippen MR) is 135 cm³/mol. The van der Waals surface area contributed by atoms with Gasteiger partial charge in [-0.15, -0.1) is 0 Å². The quantitative estimate of drug-likeness (QED) is 0.603. The number of carbonyl (C=O) groups excluding carboxylic acids is 2. The molecule has 4 fully saturated rings. The number of cyclic esters (lactones) is 1. The molecule has 35 heavy (non-hydrogen) atoms. The summed E-state index contributed by atoms with van der Waals surface area (Å²) in [5, 5.41) is 0. The van der Waals surface area contributed by atoms with E-state index in [0.717, 1.165) is 30.5 Å². The number of aromatic nitrogens is 1. The molecule has 0 bridgehead atoms. The van der Waals surface area contributed by atoms with Gasteiger partial charge in [-0.25, -0.2) is 9.78 Å². The van der Waals surface area contributed by atoms with Gasteiger partial charge in [-0.2, -0.15) is 0 Å². The molecule has 0 spiro atoms. The van der Waals surface area contributed by atoms with Crippen LogP contribution in [-0.2, 0) is 4.74 Å². The molecular formula is C28H34N4O3. The van der Waals surface area contributed by atoms with Gasteiger partial charge in [-0.05, 0) is 78.8 Å². The first kappa shape index (κ1) is 22.4. The fourth-order valence-electron chi connectivity index (χ4n) is 5.38. The van der Waals surface area contributed by atoms with Crippen LogP contribution in [0.5, 0.6) is 0 Å². The summed E-state index contributed by atoms with van der Waals surface area (Å²) >= 11 is 0. The highest BCUT2D eigenvalue weighted by atomic mass is 16.6. The largest absolute Gasteiger partial charge is 0.447 e. The number of benzene rings is 1. The summed E-state index contributed by atoms with van der Waals surface area (Å²) in [6, 6.07) is 9.81. The number of ether oxygens (including phenoxy) is 1. The Bertz CT molecular complexity index is 1120. The Morgan fingerprint density at radius 3 is 2.31 bits per heavy atom. The molecule has 4 aliphatic rings. The van der Waals surface area contributed by atoms with Crippen molar-refractivity contribution in [1.29, 1.82) is 0 Å². The number of nitrogens with zero attached hydrogens (tertiary/aromatic N) is 4. The molecule has 2 amide bonds. The van der Waals surface area contributed by atoms with E-state index in [1.807, 2.05) is 29.2 Å². The average Bonchev–Trinajstić information content (AvgIpc) is 3.81. The Kier molecular flexibility index (Phi) is 5.66. The minimum absolute atomic E-state index is 0.0182. The van der Waals surface area contributed by atoms with Gasteiger partial charge in [0.25, 0.3) is 5.91 Å². The first-order valence-electron chi connectivity index (χ1n) is 13.1. The first-order chi connectivity index (χ1) is 17.0. The molecule has 2 saturated heterocycles. The summed E-state index contributed by atoms with van der Waals surface area (Å²) in [6.45, 7) is 7.55. The summed E-state index contributed by atoms with van der Waals surface area (Å²) in [5.41, 5.74) is 4.27. The molecule has 2 aliphatic heterocycles. The Morgan fingerprint density at radius 1 is 1.00 bits per heavy atom. The smallest absolute Gasteiger partial charge is 0.414 e. The van der Waals surface area contributed by atoms with Crippen LogP contribution in [0, 0.1) is 5.92 Å². The summed E-state index contributed by atoms with van der Waals surface area (Å²) in [7, 11) is 0. The second-order valence-electron chi connectivity index (χ2n) is 10.8. The van der Waals surface area contributed by atoms with Crippen molar-refractivity contribution in [2.24, 2.45) is 5.92 Å². The van der Waals surface area contributed by atoms with Gasteiger partial charge < -0.3 is 14.5 Å². The van der Waals surface area contributed by atoms with Crippen LogP contribution < -0.4 is 9.80 Å². The maximum atomic E-state index is 13.2. The molecule has 1 aromatic carbocycles. The maximum absolute atomic E-state index is 13.2. The molecule has 0 N–H and O–H groups in total. The van der Waals surface area contributed by atoms with Crippen molar-refractivity contribution in [3.63, 3.8) is 0 Å². The van der Waals surface area contributed by atoms with Crippen LogP contribution in [-0.4, -0.2) is 60.7 Å². The van der Waals surface area contributed by atoms with Crippen molar-refractivity contribution in [1.82, 2.24) is 9.88 Å². The third-order valence-electron chi connectivity index (χ3n) is 7.92. The summed E-state index contributed by atoms with van der Waals surface area (Å²) in [6.07, 6.45) is 6.90. The van der Waals surface area contributed by atoms with Crippen molar-refractivity contribution in [2.45, 2.75) is 57.4 Å². The van der Waals surface area contributed by atoms with E-state index in [2.05, 4.69) is 31.0 Å². The topological polar surface area (TPSA) is 66.0 Å². The lowest BCUT2D eigenvalue weighted by Crippen LogP contribution is -2.49. The molecular weight excluding hydrogens is 440 g/mol. The zero-order valence-electron chi connectivity index (χ0n) is 20.7. The van der Waals surface area contributed by atoms with E-state index in [0.29, 0.717) is 37.1 Å². The fourth-order valence-corrected chi connectivity index (χ4v) is 5.38. The number of carbonyl (C=O) groups is 2. The van der Waals surface area contributed by atoms with E-state index in [4.69, 9.17) is 9.72 Å². The summed E-state index contributed by atoms with van der Waals surface area (Å²) in [5.74, 6) is 2.85. The molecule has 2 aliphatic carbocycles. The maximum Gasteiger partial charge on any atom is 0.414 e. The Balaban J connectivity index is 1.11. The lowest BCUT2D eigenvalue weighted by molar-refractivity contribution is 0.0746. The second kappa shape index (κ2) is 8.85. The first-order valence-corrected chi connectivity index (χ1v) is 13.1. The molecule has 2 aromatic rings. The molecule has 3 heterocycles. The summed E-state index contributed by atoms with van der Waals surface area (Å²) in [4.78, 5) is 36.4. The van der Waals surface area contributed by atoms with Crippen LogP contribution in [0.3, 0.4) is 0 Å². The Hall–Kier alpha value is -3.09. The Morgan fingerprint density at radius 2 is 1.69 bits per heavy atom. The van der Waals surface area contributed by atoms with Crippen LogP contribution in [0.15, 0.2) is 36.5 Å². The predicted octanol–water partition coefficient (Wildman–Crippen LogP) is 4.78. The highest BCUT2D eigenvalue weighted by Gasteiger charge is 2.36. The van der Waals surface area contributed by atoms with Crippen LogP contribution in [0.25, 0.3) is 0 Å². The zero-order valence-corrected chi connectivity index (χ0v) is 20.7. The zero-order chi connectivity index (χ0) is 24.1. The Labute approximate surface area is 207 Å². The molecule has 1 atom stereocenters. The third kappa shape index (κ3) is 4.37. The van der Waals surface area contributed by atoms with Gasteiger partial charge in [0.15, 0.2) is 0 Å². The van der Waals surface area contributed by atoms with Crippen molar-refractivity contribution >= 4 is 23.5 Å². The molecule has 7 heteroatoms. The number of rotatable bonds is 6. The normalized spacial score (nSPS) is 22.7. The number of anilines is 2. The SMILES string of the molecule is CC(C)C1COC(=O)N1c1ccc(C(=O)N2CCN(c3ncc(C4CC4)cc3C3CC3)CC2)cc1. The third-order valence-corrected chi connectivity index (χ3v) is 7.92. The fraction of sp³-hybridized carbons (Fsp3) is 0.536. The van der Waals surface area contributed by atoms with Crippen LogP contribution in [0.4, 0.5) is 16.3 Å². The van der Waals surface area contributed by atoms with Gasteiger partial charge in [0.05, 0.1) is 6.04 Å². The van der Waals surface area contributed by atoms with Crippen LogP contribution >= 0.6 is 0 Å². The highest BCUT2D eigenvalue weighted by Crippen LogP contribution is 2.47. The van der Waals surface area contributed by atoms with E-state index in [9.17, 15) is 9.59 Å². The summed E-state index contributed by atoms with van der Waals surface area (Å²) < 4.78 is 5.26. The number of hydrogen-bond acceptors (Lipinski definition) is 5. The van der Waals surface area contributed by atoms with Crippen molar-refractivity contribution < 1.29 is 14.3 Å². The van der Waals surface area contributed by atoms with E-state index >= 15 is 0 Å². The molecule has 7 nitrogen and oxygen atoms in total. The highest BCUT2D eigenvalue weighted by molar-refractivity contribution is 5.96. The molecule has 1 unspecified atom stereocenters. The average molecular weight is 475 g/mol. The minimum Gasteiger partial charge on any atom is -0.447 e. The van der Waals surface area contributed by atoms with Gasteiger partial charge in [0, 0.05) is 43.6 Å². The van der Waals surface area contributed by atoms with Crippen molar-refractivity contribution in [3.05, 3.63) is 53.2 Å². The lowest BCUT2D eigenvalue weighted by atomic mass is 10.0. The number of amides is 2. The molecule has 2 saturated carbocycles. The number of hydrogen-bond donors (Lipinski definition) is 0. The second-order valence-corrected chi connectivity index (χ2v) is 10.8. The number of pyridine rings is 1. The standard InChI is InChI=1S/C28H34N4O3/c1-18(2)25-17-35-28(34)32(25)23-9-7-21(8-10-23)27(33)31-13-11-30(12-14-31)26-24(20-5-6-20)15-22(16-29-26)19-3-4-19/h7-10,15-16,18-20,25H,3-6,11-14,17H2,1-2H3. The van der Waals surface area contributed by atoms with Crippen molar-refractivity contribution in [3.8, 4) is 0 Å². The van der Waals surface area contributed by atoms with Gasteiger partial charge in [0.1, 0.15) is 12.4 Å². The van der Waals surface area contributed by atoms with E-state index < -0.39 is 0 Å². The van der Waals surface area contributed by atoms with Crippen LogP contribution in [0.2, 0.25) is 0 Å². The minimum atomic E-state index is -0.316. The molecule has 6 rings (SSSR count). The molecule has 0 radical (unpaired) electrons. The van der Waals surface area contributed by atoms with Gasteiger partial charge in [0.2, 0.25) is 0 Å². The van der Waals surface area contributed by atoms with Gasteiger partial charge in [-0.3, -0.25) is 9.69 Å². The van der Waals surface area contributed by atoms with Crippen molar-refractivity contribution in [2.75, 3.05) is 42.6 Å². The lowest BCUT2D eigenvalue weighted by Gasteiger charge is -2.36. The van der Waals surface area contributed by atoms with Gasteiger partial charge >= 0.3 is 6.09 Å². The molecule has 184 valence electrons. The van der Waals surface area contributed by atoms with Crippen LogP contribution in [0.1, 0.15) is 72.9 Å².